The van der Waals surface area contributed by atoms with Gasteiger partial charge in [-0.1, -0.05) is 13.0 Å². The number of carbonyl (C=O) groups excluding carboxylic acids is 2. The lowest BCUT2D eigenvalue weighted by molar-refractivity contribution is 0.0487. The number of aryl methyl sites for hydroxylation is 3. The predicted octanol–water partition coefficient (Wildman–Crippen LogP) is 2.48. The van der Waals surface area contributed by atoms with Crippen molar-refractivity contribution in [2.24, 2.45) is 0 Å². The van der Waals surface area contributed by atoms with Crippen LogP contribution in [0.25, 0.3) is 0 Å². The van der Waals surface area contributed by atoms with Gasteiger partial charge in [-0.2, -0.15) is 5.10 Å². The predicted molar refractivity (Wildman–Crippen MR) is 112 cm³/mol. The van der Waals surface area contributed by atoms with E-state index >= 15 is 0 Å². The maximum absolute atomic E-state index is 12.7. The van der Waals surface area contributed by atoms with E-state index in [0.717, 1.165) is 36.2 Å². The summed E-state index contributed by atoms with van der Waals surface area (Å²) in [4.78, 5) is 28.9. The molecular formula is C22H30N4O4. The Morgan fingerprint density at radius 2 is 2.13 bits per heavy atom. The molecule has 0 atom stereocenters. The number of hydrogen-bond donors (Lipinski definition) is 1. The first-order valence-electron chi connectivity index (χ1n) is 10.6. The second-order valence-corrected chi connectivity index (χ2v) is 7.38. The molecule has 1 N–H and O–H groups in total. The van der Waals surface area contributed by atoms with Gasteiger partial charge in [-0.05, 0) is 44.2 Å². The van der Waals surface area contributed by atoms with Crippen LogP contribution in [0, 0.1) is 6.92 Å². The number of nitrogens with zero attached hydrogens (tertiary/aromatic N) is 3. The van der Waals surface area contributed by atoms with E-state index in [0.29, 0.717) is 50.4 Å². The fourth-order valence-corrected chi connectivity index (χ4v) is 3.45. The van der Waals surface area contributed by atoms with E-state index in [2.05, 4.69) is 15.4 Å². The normalized spacial score (nSPS) is 15.1. The van der Waals surface area contributed by atoms with Gasteiger partial charge in [0.1, 0.15) is 5.69 Å². The van der Waals surface area contributed by atoms with E-state index in [1.807, 2.05) is 24.6 Å². The number of nitrogens with one attached hydrogen (secondary N) is 1. The van der Waals surface area contributed by atoms with Gasteiger partial charge in [0.2, 0.25) is 0 Å². The van der Waals surface area contributed by atoms with Crippen LogP contribution >= 0.6 is 0 Å². The molecule has 0 radical (unpaired) electrons. The molecule has 2 aromatic rings. The summed E-state index contributed by atoms with van der Waals surface area (Å²) in [5, 5.41) is 7.66. The Balaban J connectivity index is 1.64. The number of amides is 1. The highest BCUT2D eigenvalue weighted by Crippen LogP contribution is 2.19. The van der Waals surface area contributed by atoms with E-state index in [1.165, 1.54) is 0 Å². The molecule has 2 aromatic heterocycles. The smallest absolute Gasteiger partial charge is 0.356 e. The van der Waals surface area contributed by atoms with Crippen LogP contribution in [-0.4, -0.2) is 53.0 Å². The van der Waals surface area contributed by atoms with Crippen LogP contribution in [0.3, 0.4) is 0 Å². The van der Waals surface area contributed by atoms with Gasteiger partial charge in [0.25, 0.3) is 5.91 Å². The molecule has 1 aliphatic rings. The van der Waals surface area contributed by atoms with Gasteiger partial charge in [-0.3, -0.25) is 9.48 Å². The van der Waals surface area contributed by atoms with Crippen LogP contribution in [0.2, 0.25) is 0 Å². The molecule has 0 spiro atoms. The Bertz CT molecular complexity index is 861. The Morgan fingerprint density at radius 1 is 1.30 bits per heavy atom. The van der Waals surface area contributed by atoms with Crippen molar-refractivity contribution in [2.45, 2.75) is 52.5 Å². The molecule has 30 heavy (non-hydrogen) atoms. The summed E-state index contributed by atoms with van der Waals surface area (Å²) >= 11 is 0. The molecule has 1 amide bonds. The van der Waals surface area contributed by atoms with Crippen LogP contribution in [0.1, 0.15) is 64.0 Å². The van der Waals surface area contributed by atoms with Crippen molar-refractivity contribution in [1.29, 1.82) is 0 Å². The molecule has 8 nitrogen and oxygen atoms in total. The second-order valence-electron chi connectivity index (χ2n) is 7.38. The highest BCUT2D eigenvalue weighted by molar-refractivity contribution is 5.96. The highest BCUT2D eigenvalue weighted by Gasteiger charge is 2.22. The zero-order valence-corrected chi connectivity index (χ0v) is 17.8. The van der Waals surface area contributed by atoms with Crippen molar-refractivity contribution in [3.8, 4) is 0 Å². The lowest BCUT2D eigenvalue weighted by Gasteiger charge is -2.10. The van der Waals surface area contributed by atoms with Crippen molar-refractivity contribution in [3.63, 3.8) is 0 Å². The second kappa shape index (κ2) is 10.9. The summed E-state index contributed by atoms with van der Waals surface area (Å²) in [7, 11) is 0. The number of ether oxygens (including phenoxy) is 2. The number of carbonyl (C=O) groups is 2. The highest BCUT2D eigenvalue weighted by atomic mass is 16.5. The topological polar surface area (TPSA) is 95.3 Å². The fourth-order valence-electron chi connectivity index (χ4n) is 3.45. The number of aromatic nitrogens is 3. The Kier molecular flexibility index (Phi) is 7.96. The van der Waals surface area contributed by atoms with Crippen molar-refractivity contribution in [3.05, 3.63) is 46.5 Å². The molecule has 0 bridgehead atoms. The summed E-state index contributed by atoms with van der Waals surface area (Å²) in [5.41, 5.74) is 3.73. The lowest BCUT2D eigenvalue weighted by atomic mass is 10.1. The molecule has 1 aliphatic heterocycles. The summed E-state index contributed by atoms with van der Waals surface area (Å²) < 4.78 is 12.9. The molecule has 162 valence electrons. The first-order valence-corrected chi connectivity index (χ1v) is 10.6. The van der Waals surface area contributed by atoms with Crippen molar-refractivity contribution in [2.75, 3.05) is 26.4 Å². The summed E-state index contributed by atoms with van der Waals surface area (Å²) in [6.07, 6.45) is 5.30. The van der Waals surface area contributed by atoms with Gasteiger partial charge in [0.05, 0.1) is 23.6 Å². The van der Waals surface area contributed by atoms with E-state index in [-0.39, 0.29) is 12.5 Å². The fraction of sp³-hybridized carbons (Fsp3) is 0.545. The zero-order chi connectivity index (χ0) is 21.3. The molecule has 0 fully saturated rings. The van der Waals surface area contributed by atoms with Crippen LogP contribution < -0.4 is 5.32 Å². The monoisotopic (exact) mass is 414 g/mol. The molecule has 0 saturated carbocycles. The quantitative estimate of drug-likeness (QED) is 0.576. The standard InChI is InChI=1S/C22H30N4O4/c1-3-17-20-19(7-4-12-29-13-5-10-23-21(20)27)26(25-17)11-6-14-30-22(28)18-9-8-16(2)15-24-18/h8-9,15H,3-7,10-14H2,1-2H3,(H,23,27). The summed E-state index contributed by atoms with van der Waals surface area (Å²) in [5.74, 6) is -0.493. The largest absolute Gasteiger partial charge is 0.461 e. The first-order chi connectivity index (χ1) is 14.6. The molecular weight excluding hydrogens is 384 g/mol. The van der Waals surface area contributed by atoms with E-state index in [1.54, 1.807) is 12.3 Å². The summed E-state index contributed by atoms with van der Waals surface area (Å²) in [6, 6.07) is 3.50. The lowest BCUT2D eigenvalue weighted by Crippen LogP contribution is -2.26. The number of fused-ring (bicyclic) bond motifs is 1. The molecule has 8 heteroatoms. The van der Waals surface area contributed by atoms with E-state index in [9.17, 15) is 9.59 Å². The summed E-state index contributed by atoms with van der Waals surface area (Å²) in [6.45, 7) is 6.68. The molecule has 3 rings (SSSR count). The molecule has 3 heterocycles. The molecule has 0 aliphatic carbocycles. The van der Waals surface area contributed by atoms with Crippen molar-refractivity contribution >= 4 is 11.9 Å². The number of hydrogen-bond acceptors (Lipinski definition) is 6. The molecule has 0 saturated heterocycles. The Labute approximate surface area is 177 Å². The van der Waals surface area contributed by atoms with Gasteiger partial charge in [-0.25, -0.2) is 9.78 Å². The average Bonchev–Trinajstić information content (AvgIpc) is 3.08. The zero-order valence-electron chi connectivity index (χ0n) is 17.8. The number of esters is 1. The Morgan fingerprint density at radius 3 is 2.90 bits per heavy atom. The maximum atomic E-state index is 12.7. The maximum Gasteiger partial charge on any atom is 0.356 e. The Hall–Kier alpha value is -2.74. The molecule has 0 aromatic carbocycles. The third-order valence-corrected chi connectivity index (χ3v) is 5.01. The van der Waals surface area contributed by atoms with Crippen molar-refractivity contribution < 1.29 is 19.1 Å². The average molecular weight is 415 g/mol. The minimum atomic E-state index is -0.430. The number of pyridine rings is 1. The first kappa shape index (κ1) is 22.0. The number of rotatable bonds is 6. The SMILES string of the molecule is CCc1nn(CCCOC(=O)c2ccc(C)cn2)c2c1C(=O)NCCCOCCC2. The van der Waals surface area contributed by atoms with Crippen LogP contribution in [0.5, 0.6) is 0 Å². The minimum Gasteiger partial charge on any atom is -0.461 e. The van der Waals surface area contributed by atoms with E-state index < -0.39 is 5.97 Å². The third-order valence-electron chi connectivity index (χ3n) is 5.01. The van der Waals surface area contributed by atoms with E-state index in [4.69, 9.17) is 9.47 Å². The van der Waals surface area contributed by atoms with Gasteiger partial charge in [0, 0.05) is 38.9 Å². The molecule has 0 unspecified atom stereocenters. The van der Waals surface area contributed by atoms with Gasteiger partial charge < -0.3 is 14.8 Å². The van der Waals surface area contributed by atoms with Crippen LogP contribution in [0.4, 0.5) is 0 Å². The minimum absolute atomic E-state index is 0.0631. The van der Waals surface area contributed by atoms with Gasteiger partial charge >= 0.3 is 5.97 Å². The van der Waals surface area contributed by atoms with Crippen LogP contribution in [0.15, 0.2) is 18.3 Å². The van der Waals surface area contributed by atoms with Crippen molar-refractivity contribution in [1.82, 2.24) is 20.1 Å². The van der Waals surface area contributed by atoms with Crippen LogP contribution in [-0.2, 0) is 28.9 Å². The third kappa shape index (κ3) is 5.66. The van der Waals surface area contributed by atoms with Gasteiger partial charge in [-0.15, -0.1) is 0 Å². The van der Waals surface area contributed by atoms with Gasteiger partial charge in [0.15, 0.2) is 0 Å².